The topological polar surface area (TPSA) is 72.5 Å². The van der Waals surface area contributed by atoms with E-state index in [-0.39, 0.29) is 16.8 Å². The molecule has 0 aliphatic heterocycles. The van der Waals surface area contributed by atoms with E-state index in [4.69, 9.17) is 4.74 Å². The van der Waals surface area contributed by atoms with Crippen LogP contribution in [0.2, 0.25) is 0 Å². The predicted octanol–water partition coefficient (Wildman–Crippen LogP) is 5.98. The van der Waals surface area contributed by atoms with Crippen molar-refractivity contribution in [3.8, 4) is 11.1 Å². The smallest absolute Gasteiger partial charge is 0.308 e. The molecule has 3 aromatic carbocycles. The number of sulfonamides is 1. The molecule has 0 fully saturated rings. The number of aryl methyl sites for hydroxylation is 2. The lowest BCUT2D eigenvalue weighted by Crippen LogP contribution is -2.16. The van der Waals surface area contributed by atoms with Crippen LogP contribution >= 0.6 is 0 Å². The Morgan fingerprint density at radius 2 is 1.64 bits per heavy atom. The normalized spacial score (nSPS) is 12.2. The van der Waals surface area contributed by atoms with Crippen LogP contribution in [0.1, 0.15) is 37.3 Å². The van der Waals surface area contributed by atoms with Gasteiger partial charge in [-0.3, -0.25) is 9.52 Å². The Morgan fingerprint density at radius 3 is 2.27 bits per heavy atom. The maximum absolute atomic E-state index is 12.6. The maximum atomic E-state index is 12.6. The first-order valence-electron chi connectivity index (χ1n) is 11.2. The lowest BCUT2D eigenvalue weighted by atomic mass is 9.94. The van der Waals surface area contributed by atoms with Crippen molar-refractivity contribution >= 4 is 21.7 Å². The van der Waals surface area contributed by atoms with Gasteiger partial charge in [0.2, 0.25) is 0 Å². The molecule has 0 amide bonds. The molecular formula is C27H31NO4S. The third-order valence-electron chi connectivity index (χ3n) is 5.68. The van der Waals surface area contributed by atoms with Crippen LogP contribution in [0.4, 0.5) is 5.69 Å². The second kappa shape index (κ2) is 11.1. The zero-order chi connectivity index (χ0) is 23.8. The van der Waals surface area contributed by atoms with Gasteiger partial charge in [-0.25, -0.2) is 8.42 Å². The second-order valence-electron chi connectivity index (χ2n) is 8.24. The van der Waals surface area contributed by atoms with Crippen molar-refractivity contribution in [1.82, 2.24) is 0 Å². The van der Waals surface area contributed by atoms with Crippen LogP contribution in [0.15, 0.2) is 77.7 Å². The Hall–Kier alpha value is -3.12. The molecule has 1 N–H and O–H groups in total. The minimum Gasteiger partial charge on any atom is -0.469 e. The van der Waals surface area contributed by atoms with Crippen molar-refractivity contribution in [2.45, 2.75) is 44.4 Å². The number of carbonyl (C=O) groups is 1. The van der Waals surface area contributed by atoms with Gasteiger partial charge in [-0.2, -0.15) is 0 Å². The average Bonchev–Trinajstić information content (AvgIpc) is 2.82. The van der Waals surface area contributed by atoms with Crippen LogP contribution in [-0.4, -0.2) is 21.5 Å². The lowest BCUT2D eigenvalue weighted by molar-refractivity contribution is -0.145. The maximum Gasteiger partial charge on any atom is 0.308 e. The Kier molecular flexibility index (Phi) is 8.28. The molecule has 174 valence electrons. The minimum absolute atomic E-state index is 0.0792. The van der Waals surface area contributed by atoms with Crippen molar-refractivity contribution < 1.29 is 17.9 Å². The first kappa shape index (κ1) is 24.5. The van der Waals surface area contributed by atoms with E-state index < -0.39 is 10.0 Å². The largest absolute Gasteiger partial charge is 0.469 e. The molecule has 1 unspecified atom stereocenters. The van der Waals surface area contributed by atoms with Crippen LogP contribution in [0.3, 0.4) is 0 Å². The Labute approximate surface area is 196 Å². The van der Waals surface area contributed by atoms with Gasteiger partial charge in [0.25, 0.3) is 10.0 Å². The van der Waals surface area contributed by atoms with Crippen molar-refractivity contribution in [2.75, 3.05) is 11.8 Å². The Morgan fingerprint density at radius 1 is 0.939 bits per heavy atom. The molecule has 3 rings (SSSR count). The van der Waals surface area contributed by atoms with E-state index in [0.29, 0.717) is 5.69 Å². The summed E-state index contributed by atoms with van der Waals surface area (Å²) >= 11 is 0. The highest BCUT2D eigenvalue weighted by molar-refractivity contribution is 7.92. The number of esters is 1. The summed E-state index contributed by atoms with van der Waals surface area (Å²) in [6.45, 7) is 3.99. The number of carbonyl (C=O) groups excluding carboxylic acids is 1. The van der Waals surface area contributed by atoms with Crippen LogP contribution < -0.4 is 4.72 Å². The fourth-order valence-corrected chi connectivity index (χ4v) is 4.86. The number of anilines is 1. The molecule has 0 radical (unpaired) electrons. The number of ether oxygens (including phenoxy) is 1. The summed E-state index contributed by atoms with van der Waals surface area (Å²) in [6.07, 6.45) is 3.32. The number of methoxy groups -OCH3 is 1. The minimum atomic E-state index is -3.63. The van der Waals surface area contributed by atoms with Gasteiger partial charge in [0.1, 0.15) is 0 Å². The van der Waals surface area contributed by atoms with E-state index in [9.17, 15) is 13.2 Å². The summed E-state index contributed by atoms with van der Waals surface area (Å²) < 4.78 is 32.8. The van der Waals surface area contributed by atoms with E-state index in [1.54, 1.807) is 36.4 Å². The van der Waals surface area contributed by atoms with E-state index in [2.05, 4.69) is 23.8 Å². The SMILES string of the molecule is CCCC(CCc1cccc(-c2ccc(NS(=O)(=O)c3ccc(C)cc3)cc2)c1)C(=O)OC. The number of hydrogen-bond acceptors (Lipinski definition) is 4. The summed E-state index contributed by atoms with van der Waals surface area (Å²) in [5, 5.41) is 0. The van der Waals surface area contributed by atoms with Gasteiger partial charge >= 0.3 is 5.97 Å². The molecule has 0 spiro atoms. The van der Waals surface area contributed by atoms with Gasteiger partial charge in [-0.15, -0.1) is 0 Å². The first-order valence-corrected chi connectivity index (χ1v) is 12.7. The number of hydrogen-bond donors (Lipinski definition) is 1. The van der Waals surface area contributed by atoms with Gasteiger partial charge in [-0.1, -0.05) is 67.4 Å². The molecule has 5 nitrogen and oxygen atoms in total. The molecule has 0 saturated carbocycles. The summed E-state index contributed by atoms with van der Waals surface area (Å²) in [6, 6.07) is 22.3. The number of nitrogens with one attached hydrogen (secondary N) is 1. The van der Waals surface area contributed by atoms with Crippen LogP contribution in [0.25, 0.3) is 11.1 Å². The Balaban J connectivity index is 1.69. The summed E-state index contributed by atoms with van der Waals surface area (Å²) in [5.41, 5.74) is 4.71. The zero-order valence-electron chi connectivity index (χ0n) is 19.4. The van der Waals surface area contributed by atoms with Crippen LogP contribution in [0.5, 0.6) is 0 Å². The molecular weight excluding hydrogens is 434 g/mol. The lowest BCUT2D eigenvalue weighted by Gasteiger charge is -2.14. The Bertz CT molecular complexity index is 1170. The molecule has 1 atom stereocenters. The highest BCUT2D eigenvalue weighted by Crippen LogP contribution is 2.25. The zero-order valence-corrected chi connectivity index (χ0v) is 20.2. The molecule has 3 aromatic rings. The van der Waals surface area contributed by atoms with E-state index >= 15 is 0 Å². The van der Waals surface area contributed by atoms with Crippen LogP contribution in [0, 0.1) is 12.8 Å². The van der Waals surface area contributed by atoms with E-state index in [1.807, 2.05) is 31.2 Å². The molecule has 0 bridgehead atoms. The molecule has 33 heavy (non-hydrogen) atoms. The van der Waals surface area contributed by atoms with Gasteiger partial charge in [0.05, 0.1) is 17.9 Å². The van der Waals surface area contributed by atoms with Gasteiger partial charge < -0.3 is 4.74 Å². The summed E-state index contributed by atoms with van der Waals surface area (Å²) in [7, 11) is -2.19. The van der Waals surface area contributed by atoms with Crippen LogP contribution in [-0.2, 0) is 26.0 Å². The highest BCUT2D eigenvalue weighted by Gasteiger charge is 2.18. The average molecular weight is 466 g/mol. The molecule has 0 aromatic heterocycles. The monoisotopic (exact) mass is 465 g/mol. The quantitative estimate of drug-likeness (QED) is 0.374. The first-order chi connectivity index (χ1) is 15.8. The molecule has 0 aliphatic carbocycles. The van der Waals surface area contributed by atoms with Crippen molar-refractivity contribution in [1.29, 1.82) is 0 Å². The third kappa shape index (κ3) is 6.68. The van der Waals surface area contributed by atoms with E-state index in [0.717, 1.165) is 47.9 Å². The molecule has 0 aliphatic rings. The predicted molar refractivity (Wildman–Crippen MR) is 133 cm³/mol. The fourth-order valence-electron chi connectivity index (χ4n) is 3.80. The fraction of sp³-hybridized carbons (Fsp3) is 0.296. The summed E-state index contributed by atoms with van der Waals surface area (Å²) in [5.74, 6) is -0.221. The van der Waals surface area contributed by atoms with Gasteiger partial charge in [0.15, 0.2) is 0 Å². The van der Waals surface area contributed by atoms with Gasteiger partial charge in [0, 0.05) is 5.69 Å². The molecule has 0 saturated heterocycles. The number of rotatable bonds is 10. The molecule has 0 heterocycles. The number of benzene rings is 3. The van der Waals surface area contributed by atoms with Crippen molar-refractivity contribution in [3.63, 3.8) is 0 Å². The van der Waals surface area contributed by atoms with Gasteiger partial charge in [-0.05, 0) is 67.1 Å². The highest BCUT2D eigenvalue weighted by atomic mass is 32.2. The third-order valence-corrected chi connectivity index (χ3v) is 7.08. The second-order valence-corrected chi connectivity index (χ2v) is 9.93. The van der Waals surface area contributed by atoms with Crippen molar-refractivity contribution in [3.05, 3.63) is 83.9 Å². The standard InChI is InChI=1S/C27H31NO4S/c1-4-6-23(27(29)32-3)12-11-21-7-5-8-24(19-21)22-13-15-25(16-14-22)28-33(30,31)26-17-9-20(2)10-18-26/h5,7-10,13-19,23,28H,4,6,11-12H2,1-3H3. The summed E-state index contributed by atoms with van der Waals surface area (Å²) in [4.78, 5) is 12.2. The van der Waals surface area contributed by atoms with E-state index in [1.165, 1.54) is 7.11 Å². The molecule has 6 heteroatoms. The van der Waals surface area contributed by atoms with Crippen molar-refractivity contribution in [2.24, 2.45) is 5.92 Å².